The van der Waals surface area contributed by atoms with E-state index < -0.39 is 5.97 Å². The Bertz CT molecular complexity index is 470. The summed E-state index contributed by atoms with van der Waals surface area (Å²) in [6.07, 6.45) is 4.43. The molecule has 1 fully saturated rings. The third-order valence-electron chi connectivity index (χ3n) is 3.84. The van der Waals surface area contributed by atoms with Crippen LogP contribution in [0.25, 0.3) is 0 Å². The third-order valence-corrected chi connectivity index (χ3v) is 3.84. The Labute approximate surface area is 119 Å². The van der Waals surface area contributed by atoms with Crippen LogP contribution in [0.2, 0.25) is 0 Å². The van der Waals surface area contributed by atoms with Gasteiger partial charge in [0.15, 0.2) is 0 Å². The first kappa shape index (κ1) is 15.8. The molecule has 0 spiro atoms. The Kier molecular flexibility index (Phi) is 5.20. The van der Waals surface area contributed by atoms with Crippen LogP contribution >= 0.6 is 12.4 Å². The molecule has 0 unspecified atom stereocenters. The zero-order valence-corrected chi connectivity index (χ0v) is 11.7. The molecule has 0 amide bonds. The minimum atomic E-state index is -0.988. The van der Waals surface area contributed by atoms with Gasteiger partial charge in [0.25, 0.3) is 0 Å². The molecule has 0 bridgehead atoms. The number of phenols is 1. The van der Waals surface area contributed by atoms with Gasteiger partial charge in [-0.05, 0) is 43.4 Å². The highest BCUT2D eigenvalue weighted by atomic mass is 35.5. The minimum Gasteiger partial charge on any atom is -0.507 e. The number of phenolic OH excluding ortho intramolecular Hbond substituents is 1. The van der Waals surface area contributed by atoms with Crippen LogP contribution in [0, 0.1) is 12.8 Å². The van der Waals surface area contributed by atoms with Crippen LogP contribution in [-0.4, -0.2) is 16.2 Å². The van der Waals surface area contributed by atoms with Gasteiger partial charge in [-0.2, -0.15) is 0 Å². The first-order valence-corrected chi connectivity index (χ1v) is 6.33. The summed E-state index contributed by atoms with van der Waals surface area (Å²) in [5.74, 6) is -0.503. The molecule has 4 N–H and O–H groups in total. The predicted molar refractivity (Wildman–Crippen MR) is 75.9 cm³/mol. The zero-order chi connectivity index (χ0) is 13.3. The maximum atomic E-state index is 11.0. The van der Waals surface area contributed by atoms with Gasteiger partial charge < -0.3 is 15.9 Å². The number of carbonyl (C=O) groups is 1. The molecule has 0 aliphatic heterocycles. The summed E-state index contributed by atoms with van der Waals surface area (Å²) < 4.78 is 0. The van der Waals surface area contributed by atoms with Crippen LogP contribution in [0.5, 0.6) is 5.75 Å². The number of aromatic hydroxyl groups is 1. The molecule has 1 aromatic carbocycles. The van der Waals surface area contributed by atoms with Gasteiger partial charge in [0.1, 0.15) is 5.75 Å². The summed E-state index contributed by atoms with van der Waals surface area (Å²) in [5, 5.41) is 19.1. The fourth-order valence-electron chi connectivity index (χ4n) is 2.75. The fourth-order valence-corrected chi connectivity index (χ4v) is 2.75. The van der Waals surface area contributed by atoms with E-state index in [4.69, 9.17) is 10.8 Å². The summed E-state index contributed by atoms with van der Waals surface area (Å²) in [6, 6.07) is 2.71. The van der Waals surface area contributed by atoms with Gasteiger partial charge in [-0.3, -0.25) is 0 Å². The van der Waals surface area contributed by atoms with Gasteiger partial charge >= 0.3 is 5.97 Å². The largest absolute Gasteiger partial charge is 0.507 e. The molecule has 1 aliphatic carbocycles. The molecule has 0 aromatic heterocycles. The molecule has 5 heteroatoms. The quantitative estimate of drug-likeness (QED) is 0.797. The fraction of sp³-hybridized carbons (Fsp3) is 0.500. The number of carboxylic acid groups (broad SMARTS) is 1. The summed E-state index contributed by atoms with van der Waals surface area (Å²) in [6.45, 7) is 1.70. The lowest BCUT2D eigenvalue weighted by atomic mass is 9.89. The van der Waals surface area contributed by atoms with Crippen molar-refractivity contribution in [3.05, 3.63) is 28.8 Å². The lowest BCUT2D eigenvalue weighted by molar-refractivity contribution is 0.0696. The second kappa shape index (κ2) is 6.26. The van der Waals surface area contributed by atoms with E-state index in [1.807, 2.05) is 0 Å². The average molecular weight is 286 g/mol. The van der Waals surface area contributed by atoms with E-state index in [1.165, 1.54) is 12.1 Å². The van der Waals surface area contributed by atoms with Gasteiger partial charge in [0.05, 0.1) is 5.56 Å². The molecular formula is C14H20ClNO3. The van der Waals surface area contributed by atoms with Crippen molar-refractivity contribution in [2.24, 2.45) is 11.7 Å². The lowest BCUT2D eigenvalue weighted by Gasteiger charge is -2.21. The smallest absolute Gasteiger partial charge is 0.335 e. The molecule has 1 aliphatic rings. The van der Waals surface area contributed by atoms with Gasteiger partial charge in [-0.15, -0.1) is 12.4 Å². The van der Waals surface area contributed by atoms with Crippen molar-refractivity contribution in [1.82, 2.24) is 0 Å². The average Bonchev–Trinajstić information content (AvgIpc) is 2.85. The van der Waals surface area contributed by atoms with Crippen molar-refractivity contribution < 1.29 is 15.0 Å². The van der Waals surface area contributed by atoms with Crippen molar-refractivity contribution in [2.45, 2.75) is 38.6 Å². The predicted octanol–water partition coefficient (Wildman–Crippen LogP) is 3.01. The Morgan fingerprint density at radius 1 is 1.37 bits per heavy atom. The minimum absolute atomic E-state index is 0. The highest BCUT2D eigenvalue weighted by molar-refractivity contribution is 5.88. The number of hydrogen-bond donors (Lipinski definition) is 3. The van der Waals surface area contributed by atoms with Crippen molar-refractivity contribution in [3.8, 4) is 5.75 Å². The van der Waals surface area contributed by atoms with Crippen LogP contribution in [0.4, 0.5) is 0 Å². The first-order valence-electron chi connectivity index (χ1n) is 6.33. The van der Waals surface area contributed by atoms with Crippen molar-refractivity contribution in [2.75, 3.05) is 0 Å². The number of rotatable bonds is 3. The maximum Gasteiger partial charge on any atom is 0.335 e. The number of aromatic carboxylic acids is 1. The Morgan fingerprint density at radius 2 is 1.95 bits per heavy atom. The van der Waals surface area contributed by atoms with Crippen molar-refractivity contribution in [1.29, 1.82) is 0 Å². The Morgan fingerprint density at radius 3 is 2.47 bits per heavy atom. The molecule has 1 saturated carbocycles. The summed E-state index contributed by atoms with van der Waals surface area (Å²) in [7, 11) is 0. The summed E-state index contributed by atoms with van der Waals surface area (Å²) >= 11 is 0. The standard InChI is InChI=1S/C14H19NO3.ClH/c1-8-6-10(14(17)18)7-11(13(8)16)12(15)9-4-2-3-5-9;/h6-7,9,12,16H,2-5,15H2,1H3,(H,17,18);1H/t12-;/m1./s1. The highest BCUT2D eigenvalue weighted by Crippen LogP contribution is 2.38. The molecule has 2 rings (SSSR count). The molecular weight excluding hydrogens is 266 g/mol. The van der Waals surface area contributed by atoms with Gasteiger partial charge in [-0.1, -0.05) is 12.8 Å². The number of benzene rings is 1. The van der Waals surface area contributed by atoms with E-state index >= 15 is 0 Å². The number of hydrogen-bond acceptors (Lipinski definition) is 3. The SMILES string of the molecule is Cc1cc(C(=O)O)cc([C@H](N)C2CCCC2)c1O.Cl. The monoisotopic (exact) mass is 285 g/mol. The Balaban J connectivity index is 0.00000180. The second-order valence-electron chi connectivity index (χ2n) is 5.11. The van der Waals surface area contributed by atoms with Gasteiger partial charge in [0.2, 0.25) is 0 Å². The summed E-state index contributed by atoms with van der Waals surface area (Å²) in [4.78, 5) is 11.0. The number of halogens is 1. The lowest BCUT2D eigenvalue weighted by Crippen LogP contribution is -2.20. The van der Waals surface area contributed by atoms with Crippen LogP contribution in [-0.2, 0) is 0 Å². The summed E-state index contributed by atoms with van der Waals surface area (Å²) in [5.41, 5.74) is 7.51. The number of nitrogens with two attached hydrogens (primary N) is 1. The van der Waals surface area contributed by atoms with Gasteiger partial charge in [0, 0.05) is 11.6 Å². The molecule has 106 valence electrons. The zero-order valence-electron chi connectivity index (χ0n) is 10.9. The molecule has 19 heavy (non-hydrogen) atoms. The molecule has 1 aromatic rings. The van der Waals surface area contributed by atoms with Crippen molar-refractivity contribution in [3.63, 3.8) is 0 Å². The second-order valence-corrected chi connectivity index (χ2v) is 5.11. The van der Waals surface area contributed by atoms with Gasteiger partial charge in [-0.25, -0.2) is 4.79 Å². The number of aryl methyl sites for hydroxylation is 1. The van der Waals surface area contributed by atoms with Crippen LogP contribution in [0.1, 0.15) is 53.2 Å². The van der Waals surface area contributed by atoms with Crippen LogP contribution < -0.4 is 5.73 Å². The van der Waals surface area contributed by atoms with Crippen LogP contribution in [0.3, 0.4) is 0 Å². The Hall–Kier alpha value is -1.26. The molecule has 0 heterocycles. The topological polar surface area (TPSA) is 83.5 Å². The van der Waals surface area contributed by atoms with E-state index in [1.54, 1.807) is 6.92 Å². The first-order chi connectivity index (χ1) is 8.50. The van der Waals surface area contributed by atoms with Crippen molar-refractivity contribution >= 4 is 18.4 Å². The third kappa shape index (κ3) is 3.19. The normalized spacial score (nSPS) is 16.9. The molecule has 0 saturated heterocycles. The maximum absolute atomic E-state index is 11.0. The molecule has 1 atom stereocenters. The van der Waals surface area contributed by atoms with E-state index in [-0.39, 0.29) is 29.8 Å². The van der Waals surface area contributed by atoms with Crippen LogP contribution in [0.15, 0.2) is 12.1 Å². The van der Waals surface area contributed by atoms with E-state index in [9.17, 15) is 9.90 Å². The van der Waals surface area contributed by atoms with E-state index in [0.717, 1.165) is 25.7 Å². The number of carboxylic acids is 1. The van der Waals surface area contributed by atoms with E-state index in [0.29, 0.717) is 17.0 Å². The molecule has 0 radical (unpaired) electrons. The van der Waals surface area contributed by atoms with E-state index in [2.05, 4.69) is 0 Å². The highest BCUT2D eigenvalue weighted by Gasteiger charge is 2.26. The molecule has 4 nitrogen and oxygen atoms in total.